The molecule has 2 aromatic rings. The summed E-state index contributed by atoms with van der Waals surface area (Å²) in [5.74, 6) is 0.697. The molecule has 1 aliphatic heterocycles. The van der Waals surface area contributed by atoms with Crippen molar-refractivity contribution in [2.24, 2.45) is 11.3 Å². The van der Waals surface area contributed by atoms with E-state index in [1.54, 1.807) is 11.6 Å². The maximum absolute atomic E-state index is 13.0. The van der Waals surface area contributed by atoms with Crippen LogP contribution in [0.1, 0.15) is 90.8 Å². The van der Waals surface area contributed by atoms with Crippen LogP contribution in [0.25, 0.3) is 0 Å². The zero-order valence-electron chi connectivity index (χ0n) is 23.8. The lowest BCUT2D eigenvalue weighted by molar-refractivity contribution is -0.133. The standard InChI is InChI=1S/C27H44N6O5/c1-17(2)27(6,7)11-12-31(18(3)4)23(35)10-8-9-20-15-33(30-29-20)21-13-24(38-22(21)16-34)32-14-19(5)25(36)28-26(32)37/h14-15,17-18,21-22,24,34H,8-13,16H2,1-7H3,(H,28,36,37). The normalized spacial score (nSPS) is 20.0. The van der Waals surface area contributed by atoms with E-state index >= 15 is 0 Å². The van der Waals surface area contributed by atoms with Crippen molar-refractivity contribution in [3.63, 3.8) is 0 Å². The van der Waals surface area contributed by atoms with Gasteiger partial charge in [0.15, 0.2) is 0 Å². The van der Waals surface area contributed by atoms with Crippen LogP contribution in [0.15, 0.2) is 22.0 Å². The molecule has 1 saturated heterocycles. The van der Waals surface area contributed by atoms with Crippen LogP contribution in [-0.2, 0) is 16.0 Å². The van der Waals surface area contributed by atoms with Crippen LogP contribution in [0.3, 0.4) is 0 Å². The molecule has 3 rings (SSSR count). The molecule has 1 fully saturated rings. The van der Waals surface area contributed by atoms with Gasteiger partial charge in [-0.3, -0.25) is 19.1 Å². The van der Waals surface area contributed by atoms with E-state index in [1.807, 2.05) is 11.1 Å². The third-order valence-electron chi connectivity index (χ3n) is 8.07. The van der Waals surface area contributed by atoms with Crippen LogP contribution < -0.4 is 11.2 Å². The number of hydrogen-bond donors (Lipinski definition) is 2. The number of aliphatic hydroxyl groups excluding tert-OH is 1. The second-order valence-corrected chi connectivity index (χ2v) is 11.7. The van der Waals surface area contributed by atoms with Gasteiger partial charge in [-0.1, -0.05) is 32.9 Å². The van der Waals surface area contributed by atoms with Crippen molar-refractivity contribution in [3.05, 3.63) is 44.5 Å². The van der Waals surface area contributed by atoms with Gasteiger partial charge in [0.25, 0.3) is 5.56 Å². The van der Waals surface area contributed by atoms with Gasteiger partial charge in [-0.15, -0.1) is 5.10 Å². The summed E-state index contributed by atoms with van der Waals surface area (Å²) >= 11 is 0. The third-order valence-corrected chi connectivity index (χ3v) is 8.07. The molecule has 1 aliphatic rings. The number of H-pyrrole nitrogens is 1. The zero-order chi connectivity index (χ0) is 28.2. The minimum atomic E-state index is -0.645. The van der Waals surface area contributed by atoms with Crippen molar-refractivity contribution in [1.29, 1.82) is 0 Å². The van der Waals surface area contributed by atoms with Crippen LogP contribution in [0.2, 0.25) is 0 Å². The molecule has 11 heteroatoms. The molecule has 212 valence electrons. The van der Waals surface area contributed by atoms with E-state index in [2.05, 4.69) is 56.8 Å². The largest absolute Gasteiger partial charge is 0.394 e. The Labute approximate surface area is 224 Å². The Balaban J connectivity index is 1.59. The lowest BCUT2D eigenvalue weighted by Crippen LogP contribution is -2.39. The average Bonchev–Trinajstić information content (AvgIpc) is 3.48. The number of rotatable bonds is 12. The van der Waals surface area contributed by atoms with E-state index in [4.69, 9.17) is 4.74 Å². The average molecular weight is 533 g/mol. The lowest BCUT2D eigenvalue weighted by atomic mass is 9.78. The summed E-state index contributed by atoms with van der Waals surface area (Å²) < 4.78 is 8.93. The van der Waals surface area contributed by atoms with Crippen molar-refractivity contribution in [2.75, 3.05) is 13.2 Å². The molecule has 38 heavy (non-hydrogen) atoms. The Morgan fingerprint density at radius 1 is 1.26 bits per heavy atom. The van der Waals surface area contributed by atoms with Gasteiger partial charge in [0.1, 0.15) is 12.3 Å². The second kappa shape index (κ2) is 12.4. The molecule has 11 nitrogen and oxygen atoms in total. The molecule has 3 heterocycles. The van der Waals surface area contributed by atoms with Crippen LogP contribution in [0, 0.1) is 18.3 Å². The molecule has 2 aromatic heterocycles. The number of nitrogens with zero attached hydrogens (tertiary/aromatic N) is 5. The molecule has 0 aromatic carbocycles. The number of carbonyl (C=O) groups is 1. The molecule has 3 unspecified atom stereocenters. The molecule has 0 radical (unpaired) electrons. The fourth-order valence-corrected chi connectivity index (χ4v) is 4.65. The Bertz CT molecular complexity index is 1200. The molecule has 2 N–H and O–H groups in total. The number of carbonyl (C=O) groups excluding carboxylic acids is 1. The number of aromatic amines is 1. The van der Waals surface area contributed by atoms with Crippen molar-refractivity contribution in [2.45, 2.75) is 105 Å². The van der Waals surface area contributed by atoms with Gasteiger partial charge in [0, 0.05) is 43.4 Å². The summed E-state index contributed by atoms with van der Waals surface area (Å²) in [6.45, 7) is 15.2. The zero-order valence-corrected chi connectivity index (χ0v) is 23.8. The maximum atomic E-state index is 13.0. The number of aliphatic hydroxyl groups is 1. The van der Waals surface area contributed by atoms with E-state index < -0.39 is 23.6 Å². The van der Waals surface area contributed by atoms with Crippen molar-refractivity contribution in [1.82, 2.24) is 29.4 Å². The van der Waals surface area contributed by atoms with Crippen LogP contribution >= 0.6 is 0 Å². The van der Waals surface area contributed by atoms with Crippen LogP contribution in [0.5, 0.6) is 0 Å². The monoisotopic (exact) mass is 532 g/mol. The summed E-state index contributed by atoms with van der Waals surface area (Å²) in [5, 5.41) is 18.4. The van der Waals surface area contributed by atoms with Gasteiger partial charge in [0.2, 0.25) is 5.91 Å². The van der Waals surface area contributed by atoms with Crippen molar-refractivity contribution >= 4 is 5.91 Å². The Kier molecular flexibility index (Phi) is 9.69. The molecule has 0 saturated carbocycles. The SMILES string of the molecule is Cc1cn(C2CC(n3cc(CCCC(=O)N(CCC(C)(C)C(C)C)C(C)C)nn3)C(CO)O2)c(=O)[nH]c1=O. The van der Waals surface area contributed by atoms with E-state index in [0.29, 0.717) is 37.2 Å². The first-order valence-corrected chi connectivity index (χ1v) is 13.6. The smallest absolute Gasteiger partial charge is 0.330 e. The summed E-state index contributed by atoms with van der Waals surface area (Å²) in [6.07, 6.45) is 5.11. The fraction of sp³-hybridized carbons (Fsp3) is 0.741. The number of hydrogen-bond acceptors (Lipinski definition) is 7. The first-order valence-electron chi connectivity index (χ1n) is 13.6. The molecule has 0 bridgehead atoms. The minimum Gasteiger partial charge on any atom is -0.394 e. The topological polar surface area (TPSA) is 135 Å². The Morgan fingerprint density at radius 2 is 1.97 bits per heavy atom. The molecule has 0 spiro atoms. The summed E-state index contributed by atoms with van der Waals surface area (Å²) in [4.78, 5) is 41.3. The molecule has 0 aliphatic carbocycles. The maximum Gasteiger partial charge on any atom is 0.330 e. The summed E-state index contributed by atoms with van der Waals surface area (Å²) in [7, 11) is 0. The van der Waals surface area contributed by atoms with Gasteiger partial charge in [-0.25, -0.2) is 9.48 Å². The second-order valence-electron chi connectivity index (χ2n) is 11.7. The molecule has 3 atom stereocenters. The van der Waals surface area contributed by atoms with E-state index in [1.165, 1.54) is 10.8 Å². The number of ether oxygens (including phenoxy) is 1. The number of aromatic nitrogens is 5. The highest BCUT2D eigenvalue weighted by molar-refractivity contribution is 5.76. The molecular weight excluding hydrogens is 488 g/mol. The Hall–Kier alpha value is -2.79. The van der Waals surface area contributed by atoms with Crippen molar-refractivity contribution in [3.8, 4) is 0 Å². The quantitative estimate of drug-likeness (QED) is 0.429. The summed E-state index contributed by atoms with van der Waals surface area (Å²) in [5.41, 5.74) is 0.331. The predicted octanol–water partition coefficient (Wildman–Crippen LogP) is 2.59. The fourth-order valence-electron chi connectivity index (χ4n) is 4.65. The Morgan fingerprint density at radius 3 is 2.61 bits per heavy atom. The summed E-state index contributed by atoms with van der Waals surface area (Å²) in [6, 6.07) is -0.177. The van der Waals surface area contributed by atoms with E-state index in [9.17, 15) is 19.5 Å². The lowest BCUT2D eigenvalue weighted by Gasteiger charge is -2.34. The highest BCUT2D eigenvalue weighted by Crippen LogP contribution is 2.35. The van der Waals surface area contributed by atoms with Gasteiger partial charge in [-0.2, -0.15) is 0 Å². The first kappa shape index (κ1) is 29.8. The van der Waals surface area contributed by atoms with Crippen LogP contribution in [-0.4, -0.2) is 65.8 Å². The van der Waals surface area contributed by atoms with Gasteiger partial charge < -0.3 is 14.7 Å². The highest BCUT2D eigenvalue weighted by Gasteiger charge is 2.38. The highest BCUT2D eigenvalue weighted by atomic mass is 16.5. The molecular formula is C27H44N6O5. The predicted molar refractivity (Wildman–Crippen MR) is 144 cm³/mol. The van der Waals surface area contributed by atoms with Crippen molar-refractivity contribution < 1.29 is 14.6 Å². The van der Waals surface area contributed by atoms with E-state index in [-0.39, 0.29) is 30.0 Å². The number of aryl methyl sites for hydroxylation is 2. The minimum absolute atomic E-state index is 0.149. The van der Waals surface area contributed by atoms with Gasteiger partial charge >= 0.3 is 5.69 Å². The van der Waals surface area contributed by atoms with Gasteiger partial charge in [-0.05, 0) is 51.4 Å². The third kappa shape index (κ3) is 6.99. The first-order chi connectivity index (χ1) is 17.8. The number of nitrogens with one attached hydrogen (secondary N) is 1. The number of amides is 1. The van der Waals surface area contributed by atoms with Gasteiger partial charge in [0.05, 0.1) is 18.3 Å². The van der Waals surface area contributed by atoms with E-state index in [0.717, 1.165) is 18.7 Å². The van der Waals surface area contributed by atoms with Crippen LogP contribution in [0.4, 0.5) is 0 Å². The molecule has 1 amide bonds.